The number of piperidine rings is 1. The first kappa shape index (κ1) is 15.6. The molecule has 1 unspecified atom stereocenters. The molecule has 0 aromatic carbocycles. The standard InChI is InChI=1S/C15H24BrN3O/c1-2-8-18-11-12(16)10-14(18)15(20)19-9-4-3-5-13(19)6-7-17/h10-11,13H,2-9,17H2,1H3. The van der Waals surface area contributed by atoms with E-state index in [1.807, 2.05) is 17.2 Å². The molecule has 112 valence electrons. The van der Waals surface area contributed by atoms with Crippen molar-refractivity contribution in [2.24, 2.45) is 5.73 Å². The number of hydrogen-bond acceptors (Lipinski definition) is 2. The summed E-state index contributed by atoms with van der Waals surface area (Å²) < 4.78 is 3.03. The third-order valence-corrected chi connectivity index (χ3v) is 4.37. The Morgan fingerprint density at radius 1 is 1.50 bits per heavy atom. The molecule has 20 heavy (non-hydrogen) atoms. The minimum atomic E-state index is 0.155. The van der Waals surface area contributed by atoms with E-state index in [2.05, 4.69) is 27.4 Å². The molecule has 0 radical (unpaired) electrons. The highest BCUT2D eigenvalue weighted by Crippen LogP contribution is 2.24. The van der Waals surface area contributed by atoms with Crippen LogP contribution in [0.4, 0.5) is 0 Å². The number of halogens is 1. The van der Waals surface area contributed by atoms with Gasteiger partial charge in [-0.25, -0.2) is 0 Å². The normalized spacial score (nSPS) is 19.4. The summed E-state index contributed by atoms with van der Waals surface area (Å²) in [5, 5.41) is 0. The van der Waals surface area contributed by atoms with Crippen LogP contribution in [0, 0.1) is 0 Å². The van der Waals surface area contributed by atoms with Crippen molar-refractivity contribution < 1.29 is 4.79 Å². The second-order valence-corrected chi connectivity index (χ2v) is 6.38. The molecule has 4 nitrogen and oxygen atoms in total. The number of amides is 1. The van der Waals surface area contributed by atoms with Gasteiger partial charge in [-0.3, -0.25) is 4.79 Å². The van der Waals surface area contributed by atoms with Gasteiger partial charge in [0.2, 0.25) is 0 Å². The van der Waals surface area contributed by atoms with Crippen LogP contribution in [0.1, 0.15) is 49.5 Å². The number of hydrogen-bond donors (Lipinski definition) is 1. The average molecular weight is 342 g/mol. The SMILES string of the molecule is CCCn1cc(Br)cc1C(=O)N1CCCCC1CCN. The van der Waals surface area contributed by atoms with Gasteiger partial charge in [0.15, 0.2) is 0 Å². The second-order valence-electron chi connectivity index (χ2n) is 5.46. The molecule has 1 fully saturated rings. The monoisotopic (exact) mass is 341 g/mol. The van der Waals surface area contributed by atoms with Crippen LogP contribution in [0.5, 0.6) is 0 Å². The van der Waals surface area contributed by atoms with E-state index in [0.717, 1.165) is 48.9 Å². The van der Waals surface area contributed by atoms with Crippen molar-refractivity contribution in [2.75, 3.05) is 13.1 Å². The van der Waals surface area contributed by atoms with Crippen molar-refractivity contribution in [1.29, 1.82) is 0 Å². The largest absolute Gasteiger partial charge is 0.342 e. The van der Waals surface area contributed by atoms with Crippen LogP contribution in [0.2, 0.25) is 0 Å². The maximum Gasteiger partial charge on any atom is 0.270 e. The lowest BCUT2D eigenvalue weighted by molar-refractivity contribution is 0.0593. The van der Waals surface area contributed by atoms with Gasteiger partial charge in [0.1, 0.15) is 5.69 Å². The molecule has 0 aliphatic carbocycles. The summed E-state index contributed by atoms with van der Waals surface area (Å²) in [6.07, 6.45) is 7.31. The molecule has 2 heterocycles. The summed E-state index contributed by atoms with van der Waals surface area (Å²) in [6, 6.07) is 2.25. The molecule has 1 aliphatic heterocycles. The van der Waals surface area contributed by atoms with Gasteiger partial charge in [0.25, 0.3) is 5.91 Å². The predicted molar refractivity (Wildman–Crippen MR) is 84.8 cm³/mol. The molecular weight excluding hydrogens is 318 g/mol. The first-order valence-corrected chi connectivity index (χ1v) is 8.33. The van der Waals surface area contributed by atoms with Gasteiger partial charge >= 0.3 is 0 Å². The average Bonchev–Trinajstić information content (AvgIpc) is 2.80. The molecule has 2 rings (SSSR count). The molecule has 1 aliphatic rings. The number of nitrogens with zero attached hydrogens (tertiary/aromatic N) is 2. The summed E-state index contributed by atoms with van der Waals surface area (Å²) >= 11 is 3.48. The van der Waals surface area contributed by atoms with Gasteiger partial charge in [-0.1, -0.05) is 6.92 Å². The van der Waals surface area contributed by atoms with E-state index in [0.29, 0.717) is 12.6 Å². The van der Waals surface area contributed by atoms with Crippen molar-refractivity contribution in [1.82, 2.24) is 9.47 Å². The number of nitrogens with two attached hydrogens (primary N) is 1. The van der Waals surface area contributed by atoms with Crippen LogP contribution in [0.15, 0.2) is 16.7 Å². The number of aryl methyl sites for hydroxylation is 1. The lowest BCUT2D eigenvalue weighted by atomic mass is 9.99. The summed E-state index contributed by atoms with van der Waals surface area (Å²) in [7, 11) is 0. The minimum absolute atomic E-state index is 0.155. The van der Waals surface area contributed by atoms with Gasteiger partial charge in [-0.2, -0.15) is 0 Å². The predicted octanol–water partition coefficient (Wildman–Crippen LogP) is 3.00. The third kappa shape index (κ3) is 3.44. The van der Waals surface area contributed by atoms with E-state index in [1.165, 1.54) is 6.42 Å². The summed E-state index contributed by atoms with van der Waals surface area (Å²) in [4.78, 5) is 14.9. The Kier molecular flexibility index (Phi) is 5.66. The zero-order valence-electron chi connectivity index (χ0n) is 12.1. The number of rotatable bonds is 5. The Balaban J connectivity index is 2.20. The fourth-order valence-electron chi connectivity index (χ4n) is 2.99. The number of aromatic nitrogens is 1. The topological polar surface area (TPSA) is 51.3 Å². The summed E-state index contributed by atoms with van der Waals surface area (Å²) in [6.45, 7) is 4.51. The van der Waals surface area contributed by atoms with Crippen LogP contribution in [-0.2, 0) is 6.54 Å². The maximum absolute atomic E-state index is 12.8. The van der Waals surface area contributed by atoms with Crippen molar-refractivity contribution in [3.8, 4) is 0 Å². The molecule has 2 N–H and O–H groups in total. The van der Waals surface area contributed by atoms with Gasteiger partial charge < -0.3 is 15.2 Å². The molecule has 1 aromatic heterocycles. The fourth-order valence-corrected chi connectivity index (χ4v) is 3.45. The van der Waals surface area contributed by atoms with E-state index in [9.17, 15) is 4.79 Å². The van der Waals surface area contributed by atoms with Gasteiger partial charge in [-0.05, 0) is 60.6 Å². The van der Waals surface area contributed by atoms with Gasteiger partial charge in [0.05, 0.1) is 0 Å². The van der Waals surface area contributed by atoms with Crippen LogP contribution in [0.3, 0.4) is 0 Å². The molecule has 0 saturated carbocycles. The molecule has 1 atom stereocenters. The molecule has 5 heteroatoms. The Morgan fingerprint density at radius 2 is 2.30 bits per heavy atom. The Bertz CT molecular complexity index is 456. The first-order chi connectivity index (χ1) is 9.67. The summed E-state index contributed by atoms with van der Waals surface area (Å²) in [5.41, 5.74) is 6.49. The summed E-state index contributed by atoms with van der Waals surface area (Å²) in [5.74, 6) is 0.155. The number of carbonyl (C=O) groups is 1. The molecule has 1 saturated heterocycles. The van der Waals surface area contributed by atoms with Crippen molar-refractivity contribution >= 4 is 21.8 Å². The number of carbonyl (C=O) groups excluding carboxylic acids is 1. The van der Waals surface area contributed by atoms with Crippen molar-refractivity contribution in [3.63, 3.8) is 0 Å². The zero-order valence-corrected chi connectivity index (χ0v) is 13.7. The smallest absolute Gasteiger partial charge is 0.270 e. The lowest BCUT2D eigenvalue weighted by Crippen LogP contribution is -2.45. The van der Waals surface area contributed by atoms with E-state index >= 15 is 0 Å². The second kappa shape index (κ2) is 7.27. The Morgan fingerprint density at radius 3 is 3.00 bits per heavy atom. The molecule has 1 aromatic rings. The quantitative estimate of drug-likeness (QED) is 0.894. The first-order valence-electron chi connectivity index (χ1n) is 7.54. The van der Waals surface area contributed by atoms with Crippen LogP contribution >= 0.6 is 15.9 Å². The Hall–Kier alpha value is -0.810. The highest BCUT2D eigenvalue weighted by Gasteiger charge is 2.28. The van der Waals surface area contributed by atoms with Crippen LogP contribution < -0.4 is 5.73 Å². The number of likely N-dealkylation sites (tertiary alicyclic amines) is 1. The molecule has 0 bridgehead atoms. The van der Waals surface area contributed by atoms with Gasteiger partial charge in [-0.15, -0.1) is 0 Å². The lowest BCUT2D eigenvalue weighted by Gasteiger charge is -2.35. The van der Waals surface area contributed by atoms with E-state index in [-0.39, 0.29) is 5.91 Å². The van der Waals surface area contributed by atoms with Crippen molar-refractivity contribution in [3.05, 3.63) is 22.4 Å². The van der Waals surface area contributed by atoms with Crippen molar-refractivity contribution in [2.45, 2.75) is 51.6 Å². The van der Waals surface area contributed by atoms with Crippen LogP contribution in [0.25, 0.3) is 0 Å². The highest BCUT2D eigenvalue weighted by molar-refractivity contribution is 9.10. The molecular formula is C15H24BrN3O. The van der Waals surface area contributed by atoms with Gasteiger partial charge in [0, 0.05) is 29.8 Å². The molecule has 0 spiro atoms. The fraction of sp³-hybridized carbons (Fsp3) is 0.667. The van der Waals surface area contributed by atoms with E-state index in [1.54, 1.807) is 0 Å². The highest BCUT2D eigenvalue weighted by atomic mass is 79.9. The minimum Gasteiger partial charge on any atom is -0.342 e. The van der Waals surface area contributed by atoms with Crippen LogP contribution in [-0.4, -0.2) is 34.5 Å². The molecule has 1 amide bonds. The van der Waals surface area contributed by atoms with E-state index < -0.39 is 0 Å². The third-order valence-electron chi connectivity index (χ3n) is 3.93. The van der Waals surface area contributed by atoms with E-state index in [4.69, 9.17) is 5.73 Å². The Labute approximate surface area is 129 Å². The maximum atomic E-state index is 12.8. The zero-order chi connectivity index (χ0) is 14.5.